The van der Waals surface area contributed by atoms with Crippen LogP contribution in [-0.2, 0) is 9.59 Å². The number of hydrogen-bond acceptors (Lipinski definition) is 2. The van der Waals surface area contributed by atoms with E-state index in [1.165, 1.54) is 0 Å². The van der Waals surface area contributed by atoms with E-state index < -0.39 is 11.4 Å². The van der Waals surface area contributed by atoms with Crippen LogP contribution < -0.4 is 0 Å². The first-order valence-electron chi connectivity index (χ1n) is 6.92. The van der Waals surface area contributed by atoms with Gasteiger partial charge in [-0.1, -0.05) is 26.7 Å². The summed E-state index contributed by atoms with van der Waals surface area (Å²) in [7, 11) is 0. The van der Waals surface area contributed by atoms with Crippen LogP contribution in [0.2, 0.25) is 0 Å². The van der Waals surface area contributed by atoms with Gasteiger partial charge in [-0.05, 0) is 25.7 Å². The Balaban J connectivity index is 2.68. The molecule has 0 aliphatic heterocycles. The Morgan fingerprint density at radius 1 is 1.28 bits per heavy atom. The maximum Gasteiger partial charge on any atom is 0.310 e. The van der Waals surface area contributed by atoms with E-state index in [0.29, 0.717) is 31.8 Å². The van der Waals surface area contributed by atoms with E-state index >= 15 is 0 Å². The molecule has 4 heteroatoms. The summed E-state index contributed by atoms with van der Waals surface area (Å²) in [6, 6.07) is 0. The summed E-state index contributed by atoms with van der Waals surface area (Å²) in [6.45, 7) is 7.46. The van der Waals surface area contributed by atoms with Gasteiger partial charge in [-0.25, -0.2) is 0 Å². The predicted octanol–water partition coefficient (Wildman–Crippen LogP) is 2.53. The molecule has 1 amide bonds. The summed E-state index contributed by atoms with van der Waals surface area (Å²) in [4.78, 5) is 25.4. The van der Waals surface area contributed by atoms with Crippen LogP contribution in [0.5, 0.6) is 0 Å². The molecule has 1 rings (SSSR count). The lowest BCUT2D eigenvalue weighted by molar-refractivity contribution is -0.153. The molecule has 1 aliphatic rings. The van der Waals surface area contributed by atoms with Gasteiger partial charge in [-0.15, -0.1) is 0 Å². The molecule has 104 valence electrons. The molecule has 1 fully saturated rings. The molecule has 1 aliphatic carbocycles. The topological polar surface area (TPSA) is 57.6 Å². The van der Waals surface area contributed by atoms with Crippen LogP contribution in [0.15, 0.2) is 0 Å². The maximum absolute atomic E-state index is 12.2. The molecular weight excluding hydrogens is 230 g/mol. The normalized spacial score (nSPS) is 18.0. The van der Waals surface area contributed by atoms with Gasteiger partial charge in [0.15, 0.2) is 0 Å². The zero-order valence-corrected chi connectivity index (χ0v) is 11.7. The molecular formula is C14H25NO3. The highest BCUT2D eigenvalue weighted by Crippen LogP contribution is 2.41. The molecule has 18 heavy (non-hydrogen) atoms. The quantitative estimate of drug-likeness (QED) is 0.793. The molecule has 0 saturated heterocycles. The van der Waals surface area contributed by atoms with E-state index in [9.17, 15) is 14.7 Å². The van der Waals surface area contributed by atoms with Gasteiger partial charge in [-0.2, -0.15) is 0 Å². The van der Waals surface area contributed by atoms with Crippen molar-refractivity contribution in [3.63, 3.8) is 0 Å². The molecule has 0 unspecified atom stereocenters. The number of carbonyl (C=O) groups is 2. The van der Waals surface area contributed by atoms with Crippen molar-refractivity contribution in [1.29, 1.82) is 0 Å². The van der Waals surface area contributed by atoms with Crippen molar-refractivity contribution >= 4 is 11.9 Å². The second-order valence-corrected chi connectivity index (χ2v) is 5.80. The van der Waals surface area contributed by atoms with Gasteiger partial charge in [0.2, 0.25) is 5.91 Å². The molecule has 0 atom stereocenters. The minimum atomic E-state index is -0.797. The number of carbonyl (C=O) groups excluding carboxylic acids is 1. The average Bonchev–Trinajstić information content (AvgIpc) is 2.75. The van der Waals surface area contributed by atoms with Gasteiger partial charge < -0.3 is 10.0 Å². The zero-order chi connectivity index (χ0) is 13.8. The molecule has 0 heterocycles. The number of rotatable bonds is 6. The number of hydrogen-bond donors (Lipinski definition) is 1. The second kappa shape index (κ2) is 6.21. The molecule has 0 spiro atoms. The summed E-state index contributed by atoms with van der Waals surface area (Å²) in [5, 5.41) is 9.38. The van der Waals surface area contributed by atoms with Crippen LogP contribution >= 0.6 is 0 Å². The first-order chi connectivity index (χ1) is 8.41. The molecule has 1 N–H and O–H groups in total. The van der Waals surface area contributed by atoms with Gasteiger partial charge in [0.1, 0.15) is 0 Å². The van der Waals surface area contributed by atoms with E-state index in [1.807, 2.05) is 6.92 Å². The Morgan fingerprint density at radius 2 is 1.83 bits per heavy atom. The molecule has 0 aromatic rings. The van der Waals surface area contributed by atoms with Gasteiger partial charge in [0.25, 0.3) is 0 Å². The van der Waals surface area contributed by atoms with E-state index in [4.69, 9.17) is 0 Å². The van der Waals surface area contributed by atoms with E-state index in [1.54, 1.807) is 4.90 Å². The lowest BCUT2D eigenvalue weighted by Crippen LogP contribution is -2.40. The second-order valence-electron chi connectivity index (χ2n) is 5.80. The Labute approximate surface area is 109 Å². The van der Waals surface area contributed by atoms with E-state index in [-0.39, 0.29) is 12.3 Å². The first-order valence-corrected chi connectivity index (χ1v) is 6.92. The first kappa shape index (κ1) is 15.0. The number of aliphatic carboxylic acids is 1. The smallest absolute Gasteiger partial charge is 0.310 e. The zero-order valence-electron chi connectivity index (χ0n) is 11.7. The van der Waals surface area contributed by atoms with Crippen molar-refractivity contribution in [2.75, 3.05) is 13.1 Å². The predicted molar refractivity (Wildman–Crippen MR) is 70.2 cm³/mol. The van der Waals surface area contributed by atoms with Crippen LogP contribution in [0.25, 0.3) is 0 Å². The molecule has 0 bridgehead atoms. The third-order valence-corrected chi connectivity index (χ3v) is 3.82. The Kier molecular flexibility index (Phi) is 5.17. The summed E-state index contributed by atoms with van der Waals surface area (Å²) in [6.07, 6.45) is 3.31. The Bertz CT molecular complexity index is 306. The van der Waals surface area contributed by atoms with Crippen molar-refractivity contribution in [3.05, 3.63) is 0 Å². The fourth-order valence-corrected chi connectivity index (χ4v) is 2.77. The molecule has 1 saturated carbocycles. The summed E-state index contributed by atoms with van der Waals surface area (Å²) < 4.78 is 0. The van der Waals surface area contributed by atoms with Gasteiger partial charge in [0, 0.05) is 19.5 Å². The van der Waals surface area contributed by atoms with E-state index in [2.05, 4.69) is 13.8 Å². The standard InChI is InChI=1S/C14H25NO3/c1-4-15(10-11(2)3)12(16)9-14(13(17)18)7-5-6-8-14/h11H,4-10H2,1-3H3,(H,17,18). The number of carboxylic acids is 1. The highest BCUT2D eigenvalue weighted by molar-refractivity contribution is 5.85. The average molecular weight is 255 g/mol. The summed E-state index contributed by atoms with van der Waals surface area (Å²) in [5.41, 5.74) is -0.790. The molecule has 0 radical (unpaired) electrons. The highest BCUT2D eigenvalue weighted by atomic mass is 16.4. The van der Waals surface area contributed by atoms with Crippen LogP contribution in [0.1, 0.15) is 52.9 Å². The van der Waals surface area contributed by atoms with Crippen LogP contribution in [-0.4, -0.2) is 35.0 Å². The van der Waals surface area contributed by atoms with Crippen molar-refractivity contribution in [1.82, 2.24) is 4.90 Å². The maximum atomic E-state index is 12.2. The Morgan fingerprint density at radius 3 is 2.22 bits per heavy atom. The van der Waals surface area contributed by atoms with Crippen LogP contribution in [0, 0.1) is 11.3 Å². The SMILES string of the molecule is CCN(CC(C)C)C(=O)CC1(C(=O)O)CCCC1. The van der Waals surface area contributed by atoms with Crippen molar-refractivity contribution in [3.8, 4) is 0 Å². The molecule has 0 aromatic carbocycles. The lowest BCUT2D eigenvalue weighted by atomic mass is 9.82. The largest absolute Gasteiger partial charge is 0.481 e. The van der Waals surface area contributed by atoms with Crippen LogP contribution in [0.4, 0.5) is 0 Å². The highest BCUT2D eigenvalue weighted by Gasteiger charge is 2.43. The number of amides is 1. The minimum absolute atomic E-state index is 0.00417. The third-order valence-electron chi connectivity index (χ3n) is 3.82. The monoisotopic (exact) mass is 255 g/mol. The van der Waals surface area contributed by atoms with Crippen molar-refractivity contribution < 1.29 is 14.7 Å². The van der Waals surface area contributed by atoms with Gasteiger partial charge in [-0.3, -0.25) is 9.59 Å². The summed E-state index contributed by atoms with van der Waals surface area (Å²) in [5.74, 6) is -0.386. The van der Waals surface area contributed by atoms with E-state index in [0.717, 1.165) is 12.8 Å². The third kappa shape index (κ3) is 3.47. The number of carboxylic acid groups (broad SMARTS) is 1. The fourth-order valence-electron chi connectivity index (χ4n) is 2.77. The lowest BCUT2D eigenvalue weighted by Gasteiger charge is -2.29. The Hall–Kier alpha value is -1.06. The van der Waals surface area contributed by atoms with Crippen molar-refractivity contribution in [2.45, 2.75) is 52.9 Å². The summed E-state index contributed by atoms with van der Waals surface area (Å²) >= 11 is 0. The van der Waals surface area contributed by atoms with Gasteiger partial charge >= 0.3 is 5.97 Å². The van der Waals surface area contributed by atoms with Crippen molar-refractivity contribution in [2.24, 2.45) is 11.3 Å². The number of nitrogens with zero attached hydrogens (tertiary/aromatic N) is 1. The minimum Gasteiger partial charge on any atom is -0.481 e. The molecule has 4 nitrogen and oxygen atoms in total. The molecule has 0 aromatic heterocycles. The fraction of sp³-hybridized carbons (Fsp3) is 0.857. The van der Waals surface area contributed by atoms with Gasteiger partial charge in [0.05, 0.1) is 5.41 Å². The van der Waals surface area contributed by atoms with Crippen LogP contribution in [0.3, 0.4) is 0 Å².